The molecule has 2 N–H and O–H groups in total. The van der Waals surface area contributed by atoms with Crippen molar-refractivity contribution in [3.63, 3.8) is 0 Å². The molecule has 1 fully saturated rings. The van der Waals surface area contributed by atoms with E-state index < -0.39 is 5.60 Å². The third kappa shape index (κ3) is 3.53. The van der Waals surface area contributed by atoms with Crippen LogP contribution in [0.5, 0.6) is 0 Å². The Morgan fingerprint density at radius 1 is 1.29 bits per heavy atom. The molecule has 0 bridgehead atoms. The van der Waals surface area contributed by atoms with Gasteiger partial charge in [-0.3, -0.25) is 9.36 Å². The van der Waals surface area contributed by atoms with Crippen molar-refractivity contribution in [2.45, 2.75) is 32.4 Å². The first-order valence-corrected chi connectivity index (χ1v) is 7.96. The average molecular weight is 350 g/mol. The summed E-state index contributed by atoms with van der Waals surface area (Å²) in [5.74, 6) is 0. The smallest absolute Gasteiger partial charge is 0.253 e. The van der Waals surface area contributed by atoms with Gasteiger partial charge in [-0.1, -0.05) is 44.2 Å². The Morgan fingerprint density at radius 3 is 2.62 bits per heavy atom. The Kier molecular flexibility index (Phi) is 5.48. The monoisotopic (exact) mass is 349 g/mol. The van der Waals surface area contributed by atoms with Crippen LogP contribution in [0.1, 0.15) is 20.3 Å². The van der Waals surface area contributed by atoms with Crippen LogP contribution in [-0.2, 0) is 6.54 Å². The summed E-state index contributed by atoms with van der Waals surface area (Å²) in [5.41, 5.74) is 0.212. The third-order valence-corrected chi connectivity index (χ3v) is 4.92. The third-order valence-electron chi connectivity index (χ3n) is 4.92. The van der Waals surface area contributed by atoms with Crippen LogP contribution >= 0.6 is 12.4 Å². The second-order valence-corrected chi connectivity index (χ2v) is 6.95. The van der Waals surface area contributed by atoms with Gasteiger partial charge in [-0.2, -0.15) is 0 Å². The molecule has 0 spiro atoms. The van der Waals surface area contributed by atoms with Crippen LogP contribution in [0.4, 0.5) is 0 Å². The van der Waals surface area contributed by atoms with Crippen molar-refractivity contribution in [1.82, 2.24) is 14.9 Å². The summed E-state index contributed by atoms with van der Waals surface area (Å²) < 4.78 is 1.51. The summed E-state index contributed by atoms with van der Waals surface area (Å²) in [5, 5.41) is 14.3. The van der Waals surface area contributed by atoms with E-state index in [4.69, 9.17) is 0 Å². The van der Waals surface area contributed by atoms with Gasteiger partial charge in [0.15, 0.2) is 0 Å². The lowest BCUT2D eigenvalue weighted by molar-refractivity contribution is -0.0999. The highest BCUT2D eigenvalue weighted by molar-refractivity contribution is 5.85. The molecule has 1 saturated heterocycles. The van der Waals surface area contributed by atoms with E-state index in [1.807, 2.05) is 44.2 Å². The van der Waals surface area contributed by atoms with Gasteiger partial charge in [0.2, 0.25) is 0 Å². The van der Waals surface area contributed by atoms with E-state index in [9.17, 15) is 9.90 Å². The van der Waals surface area contributed by atoms with Crippen LogP contribution in [-0.4, -0.2) is 33.3 Å². The summed E-state index contributed by atoms with van der Waals surface area (Å²) in [4.78, 5) is 16.8. The van der Waals surface area contributed by atoms with E-state index in [0.29, 0.717) is 12.1 Å². The number of piperidine rings is 1. The van der Waals surface area contributed by atoms with Gasteiger partial charge in [-0.25, -0.2) is 4.98 Å². The summed E-state index contributed by atoms with van der Waals surface area (Å²) in [6.07, 6.45) is 2.16. The van der Waals surface area contributed by atoms with Crippen LogP contribution in [0.3, 0.4) is 0 Å². The zero-order chi connectivity index (χ0) is 16.5. The molecule has 2 heterocycles. The molecule has 1 unspecified atom stereocenters. The van der Waals surface area contributed by atoms with Gasteiger partial charge < -0.3 is 10.4 Å². The molecule has 0 aliphatic carbocycles. The van der Waals surface area contributed by atoms with Crippen LogP contribution in [0.15, 0.2) is 47.5 Å². The minimum absolute atomic E-state index is 0. The topological polar surface area (TPSA) is 67.2 Å². The molecule has 130 valence electrons. The minimum Gasteiger partial charge on any atom is -0.387 e. The molecule has 6 heteroatoms. The average Bonchev–Trinajstić information content (AvgIpc) is 2.53. The van der Waals surface area contributed by atoms with Gasteiger partial charge in [-0.05, 0) is 13.0 Å². The van der Waals surface area contributed by atoms with Gasteiger partial charge in [0.05, 0.1) is 24.2 Å². The fourth-order valence-corrected chi connectivity index (χ4v) is 3.09. The lowest BCUT2D eigenvalue weighted by Gasteiger charge is -2.46. The molecular formula is C18H24ClN3O2. The van der Waals surface area contributed by atoms with Crippen molar-refractivity contribution in [2.24, 2.45) is 5.41 Å². The fourth-order valence-electron chi connectivity index (χ4n) is 3.09. The lowest BCUT2D eigenvalue weighted by atomic mass is 9.70. The predicted octanol–water partition coefficient (Wildman–Crippen LogP) is 2.08. The van der Waals surface area contributed by atoms with Gasteiger partial charge in [-0.15, -0.1) is 12.4 Å². The predicted molar refractivity (Wildman–Crippen MR) is 97.4 cm³/mol. The molecule has 0 saturated carbocycles. The largest absolute Gasteiger partial charge is 0.387 e. The van der Waals surface area contributed by atoms with Crippen molar-refractivity contribution in [2.75, 3.05) is 13.1 Å². The highest BCUT2D eigenvalue weighted by Crippen LogP contribution is 2.36. The van der Waals surface area contributed by atoms with Crippen molar-refractivity contribution in [1.29, 1.82) is 0 Å². The van der Waals surface area contributed by atoms with E-state index in [0.717, 1.165) is 18.7 Å². The van der Waals surface area contributed by atoms with Crippen molar-refractivity contribution in [3.8, 4) is 11.3 Å². The Morgan fingerprint density at radius 2 is 2.00 bits per heavy atom. The first-order valence-electron chi connectivity index (χ1n) is 7.96. The highest BCUT2D eigenvalue weighted by atomic mass is 35.5. The van der Waals surface area contributed by atoms with Crippen LogP contribution in [0.25, 0.3) is 11.3 Å². The molecule has 3 rings (SSSR count). The Balaban J connectivity index is 0.00000208. The zero-order valence-electron chi connectivity index (χ0n) is 14.0. The first kappa shape index (κ1) is 18.6. The number of halogens is 1. The Labute approximate surface area is 148 Å². The molecule has 1 aromatic carbocycles. The van der Waals surface area contributed by atoms with Crippen LogP contribution in [0, 0.1) is 5.41 Å². The van der Waals surface area contributed by atoms with E-state index in [1.54, 1.807) is 6.33 Å². The number of rotatable bonds is 3. The maximum absolute atomic E-state index is 12.4. The van der Waals surface area contributed by atoms with E-state index in [2.05, 4.69) is 10.3 Å². The summed E-state index contributed by atoms with van der Waals surface area (Å²) in [6, 6.07) is 11.2. The molecular weight excluding hydrogens is 326 g/mol. The second-order valence-electron chi connectivity index (χ2n) is 6.95. The number of aromatic nitrogens is 2. The molecule has 1 atom stereocenters. The highest BCUT2D eigenvalue weighted by Gasteiger charge is 2.45. The molecule has 0 amide bonds. The van der Waals surface area contributed by atoms with Gasteiger partial charge in [0, 0.05) is 23.6 Å². The number of aliphatic hydroxyl groups is 1. The summed E-state index contributed by atoms with van der Waals surface area (Å²) >= 11 is 0. The molecule has 24 heavy (non-hydrogen) atoms. The van der Waals surface area contributed by atoms with Gasteiger partial charge in [0.25, 0.3) is 5.56 Å². The van der Waals surface area contributed by atoms with E-state index in [-0.39, 0.29) is 29.9 Å². The van der Waals surface area contributed by atoms with E-state index >= 15 is 0 Å². The molecule has 1 aliphatic heterocycles. The SMILES string of the molecule is CC1(C)CNCCC1(O)Cn1cnc(-c2ccccc2)cc1=O.Cl. The Hall–Kier alpha value is -1.69. The normalized spacial score (nSPS) is 22.6. The maximum atomic E-state index is 12.4. The molecule has 1 aromatic heterocycles. The van der Waals surface area contributed by atoms with Gasteiger partial charge in [0.1, 0.15) is 0 Å². The molecule has 2 aromatic rings. The van der Waals surface area contributed by atoms with Crippen molar-refractivity contribution in [3.05, 3.63) is 53.1 Å². The zero-order valence-corrected chi connectivity index (χ0v) is 14.8. The summed E-state index contributed by atoms with van der Waals surface area (Å²) in [7, 11) is 0. The van der Waals surface area contributed by atoms with Crippen LogP contribution in [0.2, 0.25) is 0 Å². The Bertz CT molecular complexity index is 745. The molecule has 5 nitrogen and oxygen atoms in total. The fraction of sp³-hybridized carbons (Fsp3) is 0.444. The van der Waals surface area contributed by atoms with Crippen LogP contribution < -0.4 is 10.9 Å². The number of hydrogen-bond donors (Lipinski definition) is 2. The first-order chi connectivity index (χ1) is 10.9. The number of benzene rings is 1. The number of nitrogens with zero attached hydrogens (tertiary/aromatic N) is 2. The second kappa shape index (κ2) is 7.05. The minimum atomic E-state index is -0.919. The quantitative estimate of drug-likeness (QED) is 0.890. The van der Waals surface area contributed by atoms with Crippen molar-refractivity contribution < 1.29 is 5.11 Å². The standard InChI is InChI=1S/C18H23N3O2.ClH/c1-17(2)11-19-9-8-18(17,23)12-21-13-20-15(10-16(21)22)14-6-4-3-5-7-14;/h3-7,10,13,19,23H,8-9,11-12H2,1-2H3;1H. The van der Waals surface area contributed by atoms with Crippen molar-refractivity contribution >= 4 is 12.4 Å². The van der Waals surface area contributed by atoms with Gasteiger partial charge >= 0.3 is 0 Å². The number of hydrogen-bond acceptors (Lipinski definition) is 4. The van der Waals surface area contributed by atoms with E-state index in [1.165, 1.54) is 10.6 Å². The maximum Gasteiger partial charge on any atom is 0.253 e. The molecule has 1 aliphatic rings. The summed E-state index contributed by atoms with van der Waals surface area (Å²) in [6.45, 7) is 5.80. The number of nitrogens with one attached hydrogen (secondary N) is 1. The lowest BCUT2D eigenvalue weighted by Crippen LogP contribution is -2.58. The molecule has 0 radical (unpaired) electrons.